The fourth-order valence-electron chi connectivity index (χ4n) is 1.16. The molecule has 14 heavy (non-hydrogen) atoms. The van der Waals surface area contributed by atoms with Gasteiger partial charge >= 0.3 is 0 Å². The minimum absolute atomic E-state index is 0.0737. The predicted octanol–water partition coefficient (Wildman–Crippen LogP) is 2.93. The van der Waals surface area contributed by atoms with E-state index in [2.05, 4.69) is 5.16 Å². The van der Waals surface area contributed by atoms with Gasteiger partial charge in [0.25, 0.3) is 0 Å². The van der Waals surface area contributed by atoms with E-state index in [0.29, 0.717) is 5.56 Å². The highest BCUT2D eigenvalue weighted by molar-refractivity contribution is 5.79. The lowest BCUT2D eigenvalue weighted by molar-refractivity contribution is 0.321. The maximum absolute atomic E-state index is 13.4. The summed E-state index contributed by atoms with van der Waals surface area (Å²) in [5, 5.41) is 11.1. The Morgan fingerprint density at radius 1 is 1.36 bits per heavy atom. The third kappa shape index (κ3) is 2.31. The molecule has 0 heterocycles. The van der Waals surface area contributed by atoms with E-state index in [9.17, 15) is 4.39 Å². The van der Waals surface area contributed by atoms with Crippen molar-refractivity contribution in [1.82, 2.24) is 0 Å². The van der Waals surface area contributed by atoms with Gasteiger partial charge in [0.2, 0.25) is 0 Å². The summed E-state index contributed by atoms with van der Waals surface area (Å²) in [4.78, 5) is 0. The van der Waals surface area contributed by atoms with E-state index in [1.807, 2.05) is 26.8 Å². The molecule has 0 atom stereocenters. The van der Waals surface area contributed by atoms with Crippen LogP contribution in [0.5, 0.6) is 0 Å². The molecule has 0 saturated carbocycles. The molecule has 0 amide bonds. The maximum atomic E-state index is 13.4. The second kappa shape index (κ2) is 3.78. The predicted molar refractivity (Wildman–Crippen MR) is 54.5 cm³/mol. The molecular weight excluding hydrogens is 181 g/mol. The summed E-state index contributed by atoms with van der Waals surface area (Å²) in [7, 11) is 0. The molecule has 3 heteroatoms. The zero-order valence-corrected chi connectivity index (χ0v) is 8.58. The van der Waals surface area contributed by atoms with E-state index in [1.54, 1.807) is 6.07 Å². The molecule has 0 fully saturated rings. The van der Waals surface area contributed by atoms with Crippen molar-refractivity contribution < 1.29 is 9.60 Å². The van der Waals surface area contributed by atoms with Gasteiger partial charge in [-0.1, -0.05) is 38.1 Å². The van der Waals surface area contributed by atoms with Crippen LogP contribution in [0.15, 0.2) is 23.4 Å². The lowest BCUT2D eigenvalue weighted by Gasteiger charge is -2.19. The Morgan fingerprint density at radius 2 is 2.00 bits per heavy atom. The van der Waals surface area contributed by atoms with Crippen LogP contribution in [0, 0.1) is 5.82 Å². The quantitative estimate of drug-likeness (QED) is 0.417. The highest BCUT2D eigenvalue weighted by atomic mass is 19.1. The lowest BCUT2D eigenvalue weighted by Crippen LogP contribution is -2.11. The van der Waals surface area contributed by atoms with Gasteiger partial charge in [0.15, 0.2) is 0 Å². The van der Waals surface area contributed by atoms with Gasteiger partial charge in [-0.25, -0.2) is 4.39 Å². The zero-order chi connectivity index (χ0) is 10.8. The van der Waals surface area contributed by atoms with E-state index in [4.69, 9.17) is 5.21 Å². The number of rotatable bonds is 1. The fraction of sp³-hybridized carbons (Fsp3) is 0.364. The summed E-state index contributed by atoms with van der Waals surface area (Å²) < 4.78 is 13.4. The molecule has 0 radical (unpaired) electrons. The van der Waals surface area contributed by atoms with Gasteiger partial charge in [-0.15, -0.1) is 0 Å². The second-order valence-electron chi connectivity index (χ2n) is 4.23. The summed E-state index contributed by atoms with van der Waals surface area (Å²) in [5.41, 5.74) is 1.14. The van der Waals surface area contributed by atoms with E-state index in [-0.39, 0.29) is 11.2 Å². The van der Waals surface area contributed by atoms with Gasteiger partial charge < -0.3 is 5.21 Å². The second-order valence-corrected chi connectivity index (χ2v) is 4.23. The van der Waals surface area contributed by atoms with Gasteiger partial charge in [0.05, 0.1) is 6.21 Å². The minimum Gasteiger partial charge on any atom is -0.411 e. The van der Waals surface area contributed by atoms with Crippen LogP contribution in [-0.2, 0) is 5.41 Å². The summed E-state index contributed by atoms with van der Waals surface area (Å²) in [6.07, 6.45) is 1.09. The van der Waals surface area contributed by atoms with Crippen molar-refractivity contribution in [2.75, 3.05) is 0 Å². The summed E-state index contributed by atoms with van der Waals surface area (Å²) in [6, 6.07) is 4.91. The molecule has 1 N–H and O–H groups in total. The van der Waals surface area contributed by atoms with Crippen LogP contribution < -0.4 is 0 Å². The van der Waals surface area contributed by atoms with Crippen LogP contribution in [0.3, 0.4) is 0 Å². The maximum Gasteiger partial charge on any atom is 0.132 e. The van der Waals surface area contributed by atoms with Crippen molar-refractivity contribution in [2.24, 2.45) is 5.16 Å². The van der Waals surface area contributed by atoms with Crippen molar-refractivity contribution in [3.05, 3.63) is 35.1 Å². The standard InChI is InChI=1S/C11H14FNO/c1-11(2,3)9-5-4-8(7-13-14)10(12)6-9/h4-7,14H,1-3H3/b13-7-. The number of benzene rings is 1. The monoisotopic (exact) mass is 195 g/mol. The summed E-state index contributed by atoms with van der Waals surface area (Å²) in [6.45, 7) is 6.05. The van der Waals surface area contributed by atoms with Gasteiger partial charge in [0, 0.05) is 5.56 Å². The van der Waals surface area contributed by atoms with Crippen LogP contribution in [0.2, 0.25) is 0 Å². The Kier molecular flexibility index (Phi) is 2.89. The molecule has 0 bridgehead atoms. The summed E-state index contributed by atoms with van der Waals surface area (Å²) >= 11 is 0. The number of halogens is 1. The molecule has 0 saturated heterocycles. The van der Waals surface area contributed by atoms with Crippen molar-refractivity contribution in [1.29, 1.82) is 0 Å². The van der Waals surface area contributed by atoms with Crippen molar-refractivity contribution >= 4 is 6.21 Å². The first kappa shape index (κ1) is 10.7. The Bertz CT molecular complexity index is 353. The Morgan fingerprint density at radius 3 is 2.43 bits per heavy atom. The molecule has 0 aromatic heterocycles. The lowest BCUT2D eigenvalue weighted by atomic mass is 9.86. The van der Waals surface area contributed by atoms with Gasteiger partial charge in [0.1, 0.15) is 5.82 Å². The molecule has 0 spiro atoms. The van der Waals surface area contributed by atoms with Crippen LogP contribution in [0.25, 0.3) is 0 Å². The van der Waals surface area contributed by atoms with Crippen LogP contribution in [0.1, 0.15) is 31.9 Å². The molecule has 2 nitrogen and oxygen atoms in total. The molecule has 0 unspecified atom stereocenters. The SMILES string of the molecule is CC(C)(C)c1ccc(/C=N\O)c(F)c1. The largest absolute Gasteiger partial charge is 0.411 e. The fourth-order valence-corrected chi connectivity index (χ4v) is 1.16. The Labute approximate surface area is 83.1 Å². The van der Waals surface area contributed by atoms with E-state index >= 15 is 0 Å². The molecule has 1 rings (SSSR count). The highest BCUT2D eigenvalue weighted by Crippen LogP contribution is 2.23. The van der Waals surface area contributed by atoms with E-state index in [1.165, 1.54) is 6.07 Å². The number of oxime groups is 1. The normalized spacial score (nSPS) is 12.3. The highest BCUT2D eigenvalue weighted by Gasteiger charge is 2.14. The molecule has 1 aromatic carbocycles. The average molecular weight is 195 g/mol. The van der Waals surface area contributed by atoms with Crippen LogP contribution in [0.4, 0.5) is 4.39 Å². The zero-order valence-electron chi connectivity index (χ0n) is 8.58. The van der Waals surface area contributed by atoms with Crippen molar-refractivity contribution in [2.45, 2.75) is 26.2 Å². The third-order valence-corrected chi connectivity index (χ3v) is 2.06. The molecule has 76 valence electrons. The smallest absolute Gasteiger partial charge is 0.132 e. The molecule has 0 aliphatic heterocycles. The van der Waals surface area contributed by atoms with Crippen molar-refractivity contribution in [3.63, 3.8) is 0 Å². The number of hydrogen-bond donors (Lipinski definition) is 1. The van der Waals surface area contributed by atoms with Gasteiger partial charge in [-0.2, -0.15) is 0 Å². The molecular formula is C11H14FNO. The van der Waals surface area contributed by atoms with E-state index < -0.39 is 0 Å². The number of nitrogens with zero attached hydrogens (tertiary/aromatic N) is 1. The van der Waals surface area contributed by atoms with Crippen molar-refractivity contribution in [3.8, 4) is 0 Å². The van der Waals surface area contributed by atoms with E-state index in [0.717, 1.165) is 11.8 Å². The molecule has 0 aliphatic rings. The van der Waals surface area contributed by atoms with Crippen LogP contribution in [-0.4, -0.2) is 11.4 Å². The minimum atomic E-state index is -0.366. The summed E-state index contributed by atoms with van der Waals surface area (Å²) in [5.74, 6) is -0.366. The molecule has 0 aliphatic carbocycles. The molecule has 1 aromatic rings. The topological polar surface area (TPSA) is 32.6 Å². The van der Waals surface area contributed by atoms with Gasteiger partial charge in [-0.05, 0) is 17.0 Å². The number of hydrogen-bond acceptors (Lipinski definition) is 2. The Hall–Kier alpha value is -1.38. The van der Waals surface area contributed by atoms with Gasteiger partial charge in [-0.3, -0.25) is 0 Å². The first-order valence-electron chi connectivity index (χ1n) is 4.42. The Balaban J connectivity index is 3.13. The third-order valence-electron chi connectivity index (χ3n) is 2.06. The first-order chi connectivity index (χ1) is 6.45. The first-order valence-corrected chi connectivity index (χ1v) is 4.42. The van der Waals surface area contributed by atoms with Crippen LogP contribution >= 0.6 is 0 Å². The average Bonchev–Trinajstić information content (AvgIpc) is 2.07.